The lowest BCUT2D eigenvalue weighted by molar-refractivity contribution is 0.0832. The molecule has 1 aromatic carbocycles. The molecular weight excluding hydrogens is 234 g/mol. The van der Waals surface area contributed by atoms with Crippen LogP contribution in [-0.4, -0.2) is 18.8 Å². The van der Waals surface area contributed by atoms with Gasteiger partial charge in [-0.05, 0) is 43.9 Å². The normalized spacial score (nSPS) is 21.7. The van der Waals surface area contributed by atoms with E-state index in [-0.39, 0.29) is 0 Å². The molecule has 1 aliphatic rings. The monoisotopic (exact) mass is 253 g/mol. The molecule has 1 heterocycles. The van der Waals surface area contributed by atoms with Crippen molar-refractivity contribution in [1.29, 1.82) is 0 Å². The number of halogens is 1. The topological polar surface area (TPSA) is 21.3 Å². The molecule has 0 amide bonds. The number of rotatable bonds is 4. The van der Waals surface area contributed by atoms with Gasteiger partial charge in [-0.15, -0.1) is 0 Å². The number of hydrogen-bond acceptors (Lipinski definition) is 2. The molecule has 17 heavy (non-hydrogen) atoms. The first-order chi connectivity index (χ1) is 8.16. The second-order valence-electron chi connectivity index (χ2n) is 4.82. The third-order valence-corrected chi connectivity index (χ3v) is 3.70. The summed E-state index contributed by atoms with van der Waals surface area (Å²) in [6.45, 7) is 5.94. The Morgan fingerprint density at radius 2 is 2.35 bits per heavy atom. The molecule has 2 unspecified atom stereocenters. The molecule has 94 valence electrons. The minimum atomic E-state index is 0.360. The van der Waals surface area contributed by atoms with Crippen molar-refractivity contribution in [2.45, 2.75) is 45.4 Å². The van der Waals surface area contributed by atoms with Crippen LogP contribution in [0.2, 0.25) is 5.02 Å². The second kappa shape index (κ2) is 5.85. The van der Waals surface area contributed by atoms with Gasteiger partial charge in [0.2, 0.25) is 0 Å². The zero-order valence-electron chi connectivity index (χ0n) is 10.5. The van der Waals surface area contributed by atoms with E-state index in [2.05, 4.69) is 31.3 Å². The van der Waals surface area contributed by atoms with Gasteiger partial charge in [0.25, 0.3) is 0 Å². The van der Waals surface area contributed by atoms with Crippen LogP contribution in [0.25, 0.3) is 0 Å². The van der Waals surface area contributed by atoms with Crippen molar-refractivity contribution in [3.63, 3.8) is 0 Å². The minimum absolute atomic E-state index is 0.360. The fourth-order valence-electron chi connectivity index (χ4n) is 2.19. The SMILES string of the molecule is Cc1ccc(CNC(C)C2CCCO2)c(Cl)c1. The van der Waals surface area contributed by atoms with Crippen LogP contribution in [0.15, 0.2) is 18.2 Å². The van der Waals surface area contributed by atoms with Crippen molar-refractivity contribution in [1.82, 2.24) is 5.32 Å². The molecule has 0 aromatic heterocycles. The summed E-state index contributed by atoms with van der Waals surface area (Å²) in [5.74, 6) is 0. The molecule has 0 radical (unpaired) electrons. The first kappa shape index (κ1) is 12.9. The highest BCUT2D eigenvalue weighted by molar-refractivity contribution is 6.31. The van der Waals surface area contributed by atoms with Gasteiger partial charge < -0.3 is 10.1 Å². The summed E-state index contributed by atoms with van der Waals surface area (Å²) in [4.78, 5) is 0. The Morgan fingerprint density at radius 1 is 1.53 bits per heavy atom. The third kappa shape index (κ3) is 3.44. The second-order valence-corrected chi connectivity index (χ2v) is 5.22. The van der Waals surface area contributed by atoms with Gasteiger partial charge in [0.1, 0.15) is 0 Å². The Balaban J connectivity index is 1.88. The molecule has 3 heteroatoms. The molecule has 1 aromatic rings. The molecule has 1 saturated heterocycles. The third-order valence-electron chi connectivity index (χ3n) is 3.35. The molecule has 0 aliphatic carbocycles. The van der Waals surface area contributed by atoms with E-state index < -0.39 is 0 Å². The van der Waals surface area contributed by atoms with Gasteiger partial charge in [-0.2, -0.15) is 0 Å². The Morgan fingerprint density at radius 3 is 3.00 bits per heavy atom. The first-order valence-corrected chi connectivity index (χ1v) is 6.64. The number of hydrogen-bond donors (Lipinski definition) is 1. The van der Waals surface area contributed by atoms with Gasteiger partial charge in [0.05, 0.1) is 6.10 Å². The van der Waals surface area contributed by atoms with E-state index in [4.69, 9.17) is 16.3 Å². The number of benzene rings is 1. The fourth-order valence-corrected chi connectivity index (χ4v) is 2.50. The molecule has 1 aliphatic heterocycles. The van der Waals surface area contributed by atoms with Gasteiger partial charge in [-0.1, -0.05) is 23.7 Å². The number of nitrogens with one attached hydrogen (secondary N) is 1. The van der Waals surface area contributed by atoms with E-state index in [1.54, 1.807) is 0 Å². The highest BCUT2D eigenvalue weighted by Crippen LogP contribution is 2.19. The molecule has 0 spiro atoms. The number of aryl methyl sites for hydroxylation is 1. The molecule has 0 bridgehead atoms. The van der Waals surface area contributed by atoms with Crippen LogP contribution in [0.1, 0.15) is 30.9 Å². The van der Waals surface area contributed by atoms with Crippen molar-refractivity contribution >= 4 is 11.6 Å². The van der Waals surface area contributed by atoms with Crippen LogP contribution < -0.4 is 5.32 Å². The van der Waals surface area contributed by atoms with Crippen LogP contribution in [0.4, 0.5) is 0 Å². The van der Waals surface area contributed by atoms with Gasteiger partial charge in [0.15, 0.2) is 0 Å². The molecular formula is C14H20ClNO. The molecule has 2 atom stereocenters. The molecule has 1 N–H and O–H groups in total. The van der Waals surface area contributed by atoms with Crippen LogP contribution >= 0.6 is 11.6 Å². The summed E-state index contributed by atoms with van der Waals surface area (Å²) in [6.07, 6.45) is 2.71. The van der Waals surface area contributed by atoms with E-state index in [0.29, 0.717) is 12.1 Å². The van der Waals surface area contributed by atoms with Crippen molar-refractivity contribution in [2.75, 3.05) is 6.61 Å². The lowest BCUT2D eigenvalue weighted by atomic mass is 10.1. The predicted molar refractivity (Wildman–Crippen MR) is 71.5 cm³/mol. The fraction of sp³-hybridized carbons (Fsp3) is 0.571. The standard InChI is InChI=1S/C14H20ClNO/c1-10-5-6-12(13(15)8-10)9-16-11(2)14-4-3-7-17-14/h5-6,8,11,14,16H,3-4,7,9H2,1-2H3. The van der Waals surface area contributed by atoms with Crippen LogP contribution in [0.3, 0.4) is 0 Å². The van der Waals surface area contributed by atoms with Gasteiger partial charge in [-0.25, -0.2) is 0 Å². The maximum atomic E-state index is 6.20. The quantitative estimate of drug-likeness (QED) is 0.889. The van der Waals surface area contributed by atoms with Crippen molar-refractivity contribution in [3.05, 3.63) is 34.3 Å². The molecule has 0 saturated carbocycles. The number of ether oxygens (including phenoxy) is 1. The van der Waals surface area contributed by atoms with Gasteiger partial charge in [-0.3, -0.25) is 0 Å². The molecule has 2 nitrogen and oxygen atoms in total. The zero-order valence-corrected chi connectivity index (χ0v) is 11.3. The van der Waals surface area contributed by atoms with Crippen LogP contribution in [-0.2, 0) is 11.3 Å². The lowest BCUT2D eigenvalue weighted by Gasteiger charge is -2.20. The largest absolute Gasteiger partial charge is 0.377 e. The summed E-state index contributed by atoms with van der Waals surface area (Å²) in [6, 6.07) is 6.58. The lowest BCUT2D eigenvalue weighted by Crippen LogP contribution is -2.36. The Bertz CT molecular complexity index is 374. The van der Waals surface area contributed by atoms with Crippen molar-refractivity contribution < 1.29 is 4.74 Å². The highest BCUT2D eigenvalue weighted by Gasteiger charge is 2.21. The maximum absolute atomic E-state index is 6.20. The van der Waals surface area contributed by atoms with Gasteiger partial charge >= 0.3 is 0 Å². The molecule has 1 fully saturated rings. The minimum Gasteiger partial charge on any atom is -0.377 e. The summed E-state index contributed by atoms with van der Waals surface area (Å²) < 4.78 is 5.66. The Labute approximate surface area is 108 Å². The Hall–Kier alpha value is -0.570. The first-order valence-electron chi connectivity index (χ1n) is 6.27. The van der Waals surface area contributed by atoms with E-state index in [1.165, 1.54) is 12.0 Å². The van der Waals surface area contributed by atoms with E-state index >= 15 is 0 Å². The van der Waals surface area contributed by atoms with Crippen LogP contribution in [0, 0.1) is 6.92 Å². The van der Waals surface area contributed by atoms with E-state index in [0.717, 1.165) is 30.2 Å². The predicted octanol–water partition coefficient (Wildman–Crippen LogP) is 3.31. The van der Waals surface area contributed by atoms with E-state index in [1.807, 2.05) is 6.07 Å². The average Bonchev–Trinajstić information content (AvgIpc) is 2.81. The Kier molecular flexibility index (Phi) is 4.43. The summed E-state index contributed by atoms with van der Waals surface area (Å²) >= 11 is 6.20. The van der Waals surface area contributed by atoms with Crippen molar-refractivity contribution in [2.24, 2.45) is 0 Å². The zero-order chi connectivity index (χ0) is 12.3. The average molecular weight is 254 g/mol. The van der Waals surface area contributed by atoms with Gasteiger partial charge in [0, 0.05) is 24.2 Å². The maximum Gasteiger partial charge on any atom is 0.0726 e. The highest BCUT2D eigenvalue weighted by atomic mass is 35.5. The summed E-state index contributed by atoms with van der Waals surface area (Å²) in [5.41, 5.74) is 2.35. The smallest absolute Gasteiger partial charge is 0.0726 e. The van der Waals surface area contributed by atoms with Crippen molar-refractivity contribution in [3.8, 4) is 0 Å². The van der Waals surface area contributed by atoms with E-state index in [9.17, 15) is 0 Å². The summed E-state index contributed by atoms with van der Waals surface area (Å²) in [7, 11) is 0. The summed E-state index contributed by atoms with van der Waals surface area (Å²) in [5, 5.41) is 4.34. The van der Waals surface area contributed by atoms with Crippen LogP contribution in [0.5, 0.6) is 0 Å². The molecule has 2 rings (SSSR count).